The van der Waals surface area contributed by atoms with Gasteiger partial charge in [-0.3, -0.25) is 0 Å². The Morgan fingerprint density at radius 3 is 1.15 bits per heavy atom. The molecular weight excluding hydrogens is 569 g/mol. The fourth-order valence-electron chi connectivity index (χ4n) is 12.8. The number of ether oxygens (including phenoxy) is 1. The smallest absolute Gasteiger partial charge is 0.0563 e. The first-order valence-corrected chi connectivity index (χ1v) is 21.2. The molecule has 0 aromatic rings. The van der Waals surface area contributed by atoms with E-state index in [-0.39, 0.29) is 10.8 Å². The van der Waals surface area contributed by atoms with Crippen LogP contribution in [0.25, 0.3) is 0 Å². The van der Waals surface area contributed by atoms with Crippen LogP contribution in [0.2, 0.25) is 0 Å². The fraction of sp³-hybridized carbons (Fsp3) is 0.826. The highest BCUT2D eigenvalue weighted by atomic mass is 16.5. The Balaban J connectivity index is 1.09. The molecule has 0 radical (unpaired) electrons. The molecule has 0 saturated heterocycles. The molecule has 0 atom stereocenters. The van der Waals surface area contributed by atoms with E-state index in [1.807, 2.05) is 0 Å². The van der Waals surface area contributed by atoms with Crippen LogP contribution in [-0.2, 0) is 4.74 Å². The van der Waals surface area contributed by atoms with Crippen molar-refractivity contribution in [3.63, 3.8) is 0 Å². The van der Waals surface area contributed by atoms with Crippen molar-refractivity contribution in [2.75, 3.05) is 13.2 Å². The van der Waals surface area contributed by atoms with Crippen molar-refractivity contribution in [2.24, 2.45) is 57.2 Å². The first kappa shape index (κ1) is 35.7. The maximum Gasteiger partial charge on any atom is 0.0563 e. The predicted octanol–water partition coefficient (Wildman–Crippen LogP) is 13.6. The Morgan fingerprint density at radius 1 is 0.489 bits per heavy atom. The van der Waals surface area contributed by atoms with E-state index in [2.05, 4.69) is 76.3 Å². The zero-order valence-electron chi connectivity index (χ0n) is 31.5. The Kier molecular flexibility index (Phi) is 12.1. The molecule has 0 heterocycles. The predicted molar refractivity (Wildman–Crippen MR) is 202 cm³/mol. The van der Waals surface area contributed by atoms with Crippen molar-refractivity contribution in [2.45, 2.75) is 169 Å². The average molecular weight is 643 g/mol. The molecule has 1 nitrogen and oxygen atoms in total. The molecule has 0 spiro atoms. The van der Waals surface area contributed by atoms with Gasteiger partial charge in [0.2, 0.25) is 0 Å². The minimum Gasteiger partial charge on any atom is -0.380 e. The Labute approximate surface area is 291 Å². The highest BCUT2D eigenvalue weighted by Crippen LogP contribution is 2.64. The summed E-state index contributed by atoms with van der Waals surface area (Å²) in [6, 6.07) is 0. The van der Waals surface area contributed by atoms with E-state index >= 15 is 0 Å². The minimum absolute atomic E-state index is 0.257. The molecule has 47 heavy (non-hydrogen) atoms. The lowest BCUT2D eigenvalue weighted by molar-refractivity contribution is -0.0272. The summed E-state index contributed by atoms with van der Waals surface area (Å²) in [6.45, 7) is 11.5. The van der Waals surface area contributed by atoms with Gasteiger partial charge >= 0.3 is 0 Å². The van der Waals surface area contributed by atoms with E-state index in [0.717, 1.165) is 36.9 Å². The summed E-state index contributed by atoms with van der Waals surface area (Å²) in [4.78, 5) is 0. The Hall–Kier alpha value is -1.08. The van der Waals surface area contributed by atoms with Crippen molar-refractivity contribution in [3.05, 3.63) is 48.6 Å². The minimum atomic E-state index is 0.257. The second kappa shape index (κ2) is 15.9. The number of hydrogen-bond donors (Lipinski definition) is 0. The van der Waals surface area contributed by atoms with Crippen molar-refractivity contribution in [1.29, 1.82) is 0 Å². The van der Waals surface area contributed by atoms with E-state index < -0.39 is 0 Å². The first-order chi connectivity index (χ1) is 22.9. The van der Waals surface area contributed by atoms with Gasteiger partial charge in [0.25, 0.3) is 0 Å². The summed E-state index contributed by atoms with van der Waals surface area (Å²) in [5.74, 6) is 4.51. The summed E-state index contributed by atoms with van der Waals surface area (Å²) in [6.07, 6.45) is 52.5. The molecule has 0 amide bonds. The summed E-state index contributed by atoms with van der Waals surface area (Å²) < 4.78 is 6.56. The molecule has 6 aliphatic carbocycles. The number of allylic oxidation sites excluding steroid dienone is 4. The molecule has 264 valence electrons. The number of hydrogen-bond acceptors (Lipinski definition) is 1. The molecule has 0 aromatic carbocycles. The van der Waals surface area contributed by atoms with Crippen LogP contribution in [0.15, 0.2) is 48.6 Å². The number of rotatable bonds is 12. The van der Waals surface area contributed by atoms with Gasteiger partial charge < -0.3 is 4.74 Å². The highest BCUT2D eigenvalue weighted by molar-refractivity contribution is 5.28. The van der Waals surface area contributed by atoms with Crippen molar-refractivity contribution < 1.29 is 4.74 Å². The molecule has 1 heteroatoms. The standard InChI is InChI=1S/C46H74O/c1-5-25-43(45(27-9-7-10-28-45)41-17-13-37(3)14-18-41)31-21-39(22-32-43)35-47-36-40-23-33-44(26-6-2,34-24-40)46(29-11-8-12-30-46)42-19-15-38(4)16-20-42/h21-24,31-34,37-42H,5-20,25-30,35-36H2,1-4H3/t37-,38-,39-,40-,41-,42-,43-,44-. The van der Waals surface area contributed by atoms with Crippen LogP contribution in [0, 0.1) is 57.2 Å². The van der Waals surface area contributed by atoms with Crippen molar-refractivity contribution in [1.82, 2.24) is 0 Å². The third-order valence-corrected chi connectivity index (χ3v) is 15.5. The fourth-order valence-corrected chi connectivity index (χ4v) is 12.8. The zero-order valence-corrected chi connectivity index (χ0v) is 31.5. The van der Waals surface area contributed by atoms with E-state index in [9.17, 15) is 0 Å². The maximum absolute atomic E-state index is 6.56. The van der Waals surface area contributed by atoms with E-state index in [0.29, 0.717) is 22.7 Å². The summed E-state index contributed by atoms with van der Waals surface area (Å²) >= 11 is 0. The summed E-state index contributed by atoms with van der Waals surface area (Å²) in [7, 11) is 0. The van der Waals surface area contributed by atoms with Gasteiger partial charge in [-0.15, -0.1) is 0 Å². The van der Waals surface area contributed by atoms with Gasteiger partial charge in [-0.2, -0.15) is 0 Å². The topological polar surface area (TPSA) is 9.23 Å². The maximum atomic E-state index is 6.56. The molecule has 0 aliphatic heterocycles. The molecule has 0 N–H and O–H groups in total. The van der Waals surface area contributed by atoms with Gasteiger partial charge in [-0.05, 0) is 98.7 Å². The van der Waals surface area contributed by atoms with Crippen LogP contribution < -0.4 is 0 Å². The van der Waals surface area contributed by atoms with Gasteiger partial charge in [0.15, 0.2) is 0 Å². The molecule has 6 rings (SSSR count). The van der Waals surface area contributed by atoms with Crippen LogP contribution in [-0.4, -0.2) is 13.2 Å². The molecule has 0 aromatic heterocycles. The molecule has 4 fully saturated rings. The second-order valence-electron chi connectivity index (χ2n) is 18.2. The molecule has 4 saturated carbocycles. The third-order valence-electron chi connectivity index (χ3n) is 15.5. The second-order valence-corrected chi connectivity index (χ2v) is 18.2. The monoisotopic (exact) mass is 643 g/mol. The first-order valence-electron chi connectivity index (χ1n) is 21.2. The van der Waals surface area contributed by atoms with E-state index in [4.69, 9.17) is 4.74 Å². The zero-order chi connectivity index (χ0) is 32.8. The van der Waals surface area contributed by atoms with Crippen molar-refractivity contribution >= 4 is 0 Å². The lowest BCUT2D eigenvalue weighted by atomic mass is 9.47. The van der Waals surface area contributed by atoms with Crippen molar-refractivity contribution in [3.8, 4) is 0 Å². The largest absolute Gasteiger partial charge is 0.380 e. The van der Waals surface area contributed by atoms with Crippen LogP contribution >= 0.6 is 0 Å². The van der Waals surface area contributed by atoms with E-state index in [1.54, 1.807) is 0 Å². The normalized spacial score (nSPS) is 40.0. The lowest BCUT2D eigenvalue weighted by Gasteiger charge is -2.57. The third kappa shape index (κ3) is 7.24. The quantitative estimate of drug-likeness (QED) is 0.192. The van der Waals surface area contributed by atoms with Gasteiger partial charge in [-0.1, -0.05) is 153 Å². The SMILES string of the molecule is CCC[C@]1(C2([C@H]3CC[C@H](C)CC3)CCCCC2)C=C[C@H](COC[C@H]2C=C[C@](CCC)(C3([C@H]4CC[C@H](C)CC4)CCCCC3)C=C2)C=C1. The molecule has 6 aliphatic rings. The lowest BCUT2D eigenvalue weighted by Crippen LogP contribution is -2.48. The van der Waals surface area contributed by atoms with E-state index in [1.165, 1.54) is 141 Å². The van der Waals surface area contributed by atoms with Gasteiger partial charge in [0.1, 0.15) is 0 Å². The Bertz CT molecular complexity index is 962. The molecular formula is C46H74O. The van der Waals surface area contributed by atoms with Gasteiger partial charge in [-0.25, -0.2) is 0 Å². The van der Waals surface area contributed by atoms with Crippen LogP contribution in [0.3, 0.4) is 0 Å². The Morgan fingerprint density at radius 2 is 0.830 bits per heavy atom. The molecule has 0 bridgehead atoms. The van der Waals surface area contributed by atoms with Crippen LogP contribution in [0.4, 0.5) is 0 Å². The van der Waals surface area contributed by atoms with Crippen LogP contribution in [0.5, 0.6) is 0 Å². The molecule has 0 unspecified atom stereocenters. The van der Waals surface area contributed by atoms with Gasteiger partial charge in [0, 0.05) is 22.7 Å². The summed E-state index contributed by atoms with van der Waals surface area (Å²) in [5.41, 5.74) is 1.47. The summed E-state index contributed by atoms with van der Waals surface area (Å²) in [5, 5.41) is 0. The average Bonchev–Trinajstić information content (AvgIpc) is 3.11. The highest BCUT2D eigenvalue weighted by Gasteiger charge is 2.54. The van der Waals surface area contributed by atoms with Gasteiger partial charge in [0.05, 0.1) is 13.2 Å². The van der Waals surface area contributed by atoms with Crippen LogP contribution in [0.1, 0.15) is 169 Å².